The van der Waals surface area contributed by atoms with Crippen LogP contribution in [0.1, 0.15) is 303 Å². The molecule has 0 spiro atoms. The van der Waals surface area contributed by atoms with E-state index in [1.807, 2.05) is 94.1 Å². The number of hydrogen-bond acceptors (Lipinski definition) is 6. The second-order valence-corrected chi connectivity index (χ2v) is 25.6. The fraction of sp³-hybridized carbons (Fsp3) is 0.775. The number of phosphoric acid groups is 1. The Labute approximate surface area is 501 Å². The molecule has 0 aliphatic carbocycles. The first kappa shape index (κ1) is 78.2. The van der Waals surface area contributed by atoms with Gasteiger partial charge in [0.1, 0.15) is 19.3 Å². The van der Waals surface area contributed by atoms with Crippen molar-refractivity contribution in [1.82, 2.24) is 5.32 Å². The standard InChI is InChI=1S/C71H129N2O7P/c1-7-10-13-16-19-22-25-27-29-31-32-33-34-35-36-37-38-39-40-42-43-45-48-51-54-57-60-63-70(74)72-68(67-79-81(76,77)78-66-65-73(4,5)6)69(62-59-56-53-50-47-24-21-18-15-12-9-3)80-71(75)64-61-58-55-52-49-46-44-41-30-28-26-23-20-17-14-11-8-2/h11,14,17,20,23,26,28,30,41,44,46,49,59,62,68-69H,7-10,12-13,15-16,18-19,21-22,24-25,27,29,31-40,42-43,45,47-48,50-58,60-61,63-67H2,1-6H3,(H-,72,74,76,77)/p+1/b14-11-,20-17+,26-23+,30-28-,44-41+,49-46+,62-59-. The van der Waals surface area contributed by atoms with Crippen LogP contribution in [0.25, 0.3) is 0 Å². The van der Waals surface area contributed by atoms with Gasteiger partial charge >= 0.3 is 13.8 Å². The van der Waals surface area contributed by atoms with Crippen LogP contribution in [0.3, 0.4) is 0 Å². The van der Waals surface area contributed by atoms with Crippen LogP contribution in [-0.4, -0.2) is 74.3 Å². The molecule has 3 unspecified atom stereocenters. The molecule has 0 aromatic rings. The third-order valence-electron chi connectivity index (χ3n) is 15.0. The molecular weight excluding hydrogens is 1020 g/mol. The minimum atomic E-state index is -4.46. The summed E-state index contributed by atoms with van der Waals surface area (Å²) in [7, 11) is 1.47. The van der Waals surface area contributed by atoms with E-state index >= 15 is 0 Å². The van der Waals surface area contributed by atoms with Crippen molar-refractivity contribution >= 4 is 19.7 Å². The predicted octanol–water partition coefficient (Wildman–Crippen LogP) is 21.3. The highest BCUT2D eigenvalue weighted by molar-refractivity contribution is 7.47. The first-order chi connectivity index (χ1) is 39.4. The van der Waals surface area contributed by atoms with Crippen LogP contribution in [0.5, 0.6) is 0 Å². The smallest absolute Gasteiger partial charge is 0.456 e. The van der Waals surface area contributed by atoms with Crippen molar-refractivity contribution in [3.63, 3.8) is 0 Å². The largest absolute Gasteiger partial charge is 0.472 e. The monoisotopic (exact) mass is 1150 g/mol. The van der Waals surface area contributed by atoms with E-state index in [4.69, 9.17) is 13.8 Å². The summed E-state index contributed by atoms with van der Waals surface area (Å²) in [6, 6.07) is -0.869. The summed E-state index contributed by atoms with van der Waals surface area (Å²) in [4.78, 5) is 37.8. The van der Waals surface area contributed by atoms with E-state index < -0.39 is 20.0 Å². The van der Waals surface area contributed by atoms with Gasteiger partial charge in [0, 0.05) is 12.8 Å². The minimum Gasteiger partial charge on any atom is -0.456 e. The molecule has 10 heteroatoms. The number of quaternary nitrogens is 1. The summed E-state index contributed by atoms with van der Waals surface area (Å²) >= 11 is 0. The van der Waals surface area contributed by atoms with E-state index in [-0.39, 0.29) is 31.5 Å². The average Bonchev–Trinajstić information content (AvgIpc) is 3.43. The van der Waals surface area contributed by atoms with Gasteiger partial charge in [-0.05, 0) is 51.0 Å². The van der Waals surface area contributed by atoms with Crippen LogP contribution in [-0.2, 0) is 27.9 Å². The molecule has 0 heterocycles. The van der Waals surface area contributed by atoms with E-state index in [1.165, 1.54) is 199 Å². The molecule has 0 aromatic carbocycles. The molecule has 2 N–H and O–H groups in total. The van der Waals surface area contributed by atoms with E-state index in [0.29, 0.717) is 23.9 Å². The van der Waals surface area contributed by atoms with Gasteiger partial charge in [0.25, 0.3) is 0 Å². The zero-order valence-electron chi connectivity index (χ0n) is 53.8. The molecule has 0 aliphatic rings. The Balaban J connectivity index is 5.04. The summed E-state index contributed by atoms with van der Waals surface area (Å²) in [5.41, 5.74) is 0. The Kier molecular flexibility index (Phi) is 58.2. The minimum absolute atomic E-state index is 0.0304. The third kappa shape index (κ3) is 61.6. The van der Waals surface area contributed by atoms with Crippen molar-refractivity contribution in [1.29, 1.82) is 0 Å². The van der Waals surface area contributed by atoms with Crippen molar-refractivity contribution in [2.75, 3.05) is 40.9 Å². The quantitative estimate of drug-likeness (QED) is 0.0156. The van der Waals surface area contributed by atoms with Gasteiger partial charge in [0.2, 0.25) is 5.91 Å². The summed E-state index contributed by atoms with van der Waals surface area (Å²) in [5.74, 6) is -0.550. The van der Waals surface area contributed by atoms with Gasteiger partial charge in [0.05, 0.1) is 33.8 Å². The van der Waals surface area contributed by atoms with Crippen LogP contribution >= 0.6 is 7.82 Å². The van der Waals surface area contributed by atoms with Gasteiger partial charge in [-0.3, -0.25) is 18.6 Å². The van der Waals surface area contributed by atoms with Crippen LogP contribution < -0.4 is 5.32 Å². The Morgan fingerprint density at radius 2 is 0.790 bits per heavy atom. The maximum Gasteiger partial charge on any atom is 0.472 e. The lowest BCUT2D eigenvalue weighted by Gasteiger charge is -2.27. The molecule has 3 atom stereocenters. The first-order valence-corrected chi connectivity index (χ1v) is 35.5. The Hall–Kier alpha value is -2.81. The SMILES string of the molecule is CC\C=C/C=C/C=C/C=C\C=C\C=C\CCCCCC(=O)OC(/C=C\CCCCCCCCCCC)C(COP(=O)(O)OCC[N+](C)(C)C)NC(=O)CCCCCCCCCCCCCCCCCCCCCCCCCCCCC. The van der Waals surface area contributed by atoms with Gasteiger partial charge in [0.15, 0.2) is 0 Å². The number of ether oxygens (including phenoxy) is 1. The van der Waals surface area contributed by atoms with Gasteiger partial charge in [-0.2, -0.15) is 0 Å². The molecule has 0 radical (unpaired) electrons. The number of nitrogens with one attached hydrogen (secondary N) is 1. The summed E-state index contributed by atoms with van der Waals surface area (Å²) in [6.45, 7) is 6.86. The molecule has 0 bridgehead atoms. The van der Waals surface area contributed by atoms with E-state index in [9.17, 15) is 19.0 Å². The normalized spacial score (nSPS) is 14.1. The number of rotatable bonds is 61. The lowest BCUT2D eigenvalue weighted by molar-refractivity contribution is -0.870. The topological polar surface area (TPSA) is 111 Å². The lowest BCUT2D eigenvalue weighted by atomic mass is 10.0. The van der Waals surface area contributed by atoms with E-state index in [1.54, 1.807) is 0 Å². The number of unbranched alkanes of at least 4 members (excludes halogenated alkanes) is 38. The molecule has 9 nitrogen and oxygen atoms in total. The predicted molar refractivity (Wildman–Crippen MR) is 351 cm³/mol. The highest BCUT2D eigenvalue weighted by Gasteiger charge is 2.30. The van der Waals surface area contributed by atoms with Crippen LogP contribution in [0.15, 0.2) is 85.1 Å². The summed E-state index contributed by atoms with van der Waals surface area (Å²) in [5, 5.41) is 3.05. The summed E-state index contributed by atoms with van der Waals surface area (Å²) < 4.78 is 30.7. The summed E-state index contributed by atoms with van der Waals surface area (Å²) in [6.07, 6.45) is 80.4. The second kappa shape index (κ2) is 60.3. The molecule has 0 fully saturated rings. The number of nitrogens with zero attached hydrogens (tertiary/aromatic N) is 1. The number of esters is 1. The zero-order valence-corrected chi connectivity index (χ0v) is 54.7. The Bertz CT molecular complexity index is 1660. The molecule has 0 aliphatic heterocycles. The van der Waals surface area contributed by atoms with Crippen LogP contribution in [0, 0.1) is 0 Å². The molecule has 470 valence electrons. The van der Waals surface area contributed by atoms with Crippen molar-refractivity contribution in [2.24, 2.45) is 0 Å². The maximum absolute atomic E-state index is 13.6. The van der Waals surface area contributed by atoms with E-state index in [0.717, 1.165) is 64.2 Å². The molecule has 0 aromatic heterocycles. The number of likely N-dealkylation sites (N-methyl/N-ethyl adjacent to an activating group) is 1. The van der Waals surface area contributed by atoms with Crippen LogP contribution in [0.2, 0.25) is 0 Å². The molecule has 0 rings (SSSR count). The number of allylic oxidation sites excluding steroid dienone is 13. The van der Waals surface area contributed by atoms with Crippen molar-refractivity contribution in [3.05, 3.63) is 85.1 Å². The van der Waals surface area contributed by atoms with Gasteiger partial charge in [-0.15, -0.1) is 0 Å². The van der Waals surface area contributed by atoms with Gasteiger partial charge in [-0.25, -0.2) is 4.57 Å². The number of hydrogen-bond donors (Lipinski definition) is 2. The zero-order chi connectivity index (χ0) is 59.3. The fourth-order valence-corrected chi connectivity index (χ4v) is 10.5. The third-order valence-corrected chi connectivity index (χ3v) is 16.0. The number of phosphoric ester groups is 1. The number of amides is 1. The van der Waals surface area contributed by atoms with Gasteiger partial charge < -0.3 is 19.4 Å². The van der Waals surface area contributed by atoms with Crippen molar-refractivity contribution < 1.29 is 37.3 Å². The molecule has 0 saturated carbocycles. The highest BCUT2D eigenvalue weighted by Crippen LogP contribution is 2.43. The second-order valence-electron chi connectivity index (χ2n) is 24.1. The van der Waals surface area contributed by atoms with Crippen LogP contribution in [0.4, 0.5) is 0 Å². The molecular formula is C71H130N2O7P+. The molecule has 1 amide bonds. The number of carbonyl (C=O) groups is 2. The Morgan fingerprint density at radius 3 is 1.20 bits per heavy atom. The van der Waals surface area contributed by atoms with E-state index in [2.05, 4.69) is 38.2 Å². The average molecular weight is 1150 g/mol. The fourth-order valence-electron chi connectivity index (χ4n) is 9.80. The van der Waals surface area contributed by atoms with Crippen molar-refractivity contribution in [3.8, 4) is 0 Å². The highest BCUT2D eigenvalue weighted by atomic mass is 31.2. The maximum atomic E-state index is 13.6. The Morgan fingerprint density at radius 1 is 0.444 bits per heavy atom. The molecule has 0 saturated heterocycles. The lowest BCUT2D eigenvalue weighted by Crippen LogP contribution is -2.47. The van der Waals surface area contributed by atoms with Gasteiger partial charge in [-0.1, -0.05) is 324 Å². The molecule has 81 heavy (non-hydrogen) atoms. The first-order valence-electron chi connectivity index (χ1n) is 34.0. The number of carbonyl (C=O) groups excluding carboxylic acids is 2. The van der Waals surface area contributed by atoms with Crippen molar-refractivity contribution in [2.45, 2.75) is 315 Å².